The van der Waals surface area contributed by atoms with E-state index in [-0.39, 0.29) is 17.9 Å². The lowest BCUT2D eigenvalue weighted by molar-refractivity contribution is -0.130. The number of aliphatic hydroxyl groups excluding tert-OH is 1. The number of amides is 1. The zero-order chi connectivity index (χ0) is 18.3. The van der Waals surface area contributed by atoms with Crippen LogP contribution in [0.3, 0.4) is 0 Å². The first-order chi connectivity index (χ1) is 12.6. The number of carbonyl (C=O) groups excluding carboxylic acids is 2. The Hall–Kier alpha value is -3.48. The predicted octanol–water partition coefficient (Wildman–Crippen LogP) is 3.55. The number of nitrogens with zero attached hydrogens (tertiary/aromatic N) is 1. The van der Waals surface area contributed by atoms with E-state index in [4.69, 9.17) is 13.3 Å². The summed E-state index contributed by atoms with van der Waals surface area (Å²) in [6.45, 7) is 1.78. The van der Waals surface area contributed by atoms with Gasteiger partial charge in [0.15, 0.2) is 11.5 Å². The molecule has 1 aliphatic heterocycles. The summed E-state index contributed by atoms with van der Waals surface area (Å²) in [5.41, 5.74) is -0.0779. The molecule has 1 amide bonds. The third-order valence-electron chi connectivity index (χ3n) is 4.23. The summed E-state index contributed by atoms with van der Waals surface area (Å²) in [6.07, 6.45) is 2.93. The smallest absolute Gasteiger partial charge is 0.290 e. The molecular weight excluding hydrogens is 338 g/mol. The molecule has 0 fully saturated rings. The fraction of sp³-hybridized carbons (Fsp3) is 0.158. The molecular formula is C19H15NO6. The minimum atomic E-state index is -0.875. The van der Waals surface area contributed by atoms with Crippen molar-refractivity contribution >= 4 is 11.7 Å². The molecule has 1 N–H and O–H groups in total. The molecule has 1 aliphatic rings. The Morgan fingerprint density at radius 2 is 1.92 bits per heavy atom. The summed E-state index contributed by atoms with van der Waals surface area (Å²) in [5, 5.41) is 10.4. The normalized spacial score (nSPS) is 17.3. The molecule has 3 aromatic heterocycles. The van der Waals surface area contributed by atoms with Crippen molar-refractivity contribution in [1.82, 2.24) is 4.90 Å². The van der Waals surface area contributed by atoms with Gasteiger partial charge in [0.1, 0.15) is 23.3 Å². The molecule has 132 valence electrons. The first-order valence-electron chi connectivity index (χ1n) is 7.97. The maximum Gasteiger partial charge on any atom is 0.290 e. The second kappa shape index (κ2) is 6.11. The van der Waals surface area contributed by atoms with Crippen LogP contribution in [0.5, 0.6) is 0 Å². The highest BCUT2D eigenvalue weighted by Gasteiger charge is 2.46. The highest BCUT2D eigenvalue weighted by molar-refractivity contribution is 6.14. The molecule has 26 heavy (non-hydrogen) atoms. The third-order valence-corrected chi connectivity index (χ3v) is 4.23. The van der Waals surface area contributed by atoms with E-state index in [1.54, 1.807) is 37.3 Å². The Morgan fingerprint density at radius 1 is 1.15 bits per heavy atom. The fourth-order valence-corrected chi connectivity index (χ4v) is 3.05. The number of aryl methyl sites for hydroxylation is 1. The number of Topliss-reactive ketones (excluding diaryl/α,β-unsaturated/α-hetero) is 1. The van der Waals surface area contributed by atoms with Gasteiger partial charge >= 0.3 is 0 Å². The Kier molecular flexibility index (Phi) is 3.76. The average molecular weight is 353 g/mol. The first kappa shape index (κ1) is 16.0. The third kappa shape index (κ3) is 2.54. The number of aliphatic hydroxyl groups is 1. The van der Waals surface area contributed by atoms with E-state index in [2.05, 4.69) is 0 Å². The van der Waals surface area contributed by atoms with E-state index in [9.17, 15) is 14.7 Å². The molecule has 1 atom stereocenters. The summed E-state index contributed by atoms with van der Waals surface area (Å²) < 4.78 is 16.1. The molecule has 7 heteroatoms. The fourth-order valence-electron chi connectivity index (χ4n) is 3.05. The molecule has 0 saturated carbocycles. The quantitative estimate of drug-likeness (QED) is 0.705. The molecule has 4 rings (SSSR count). The molecule has 0 saturated heterocycles. The molecule has 0 aromatic carbocycles. The van der Waals surface area contributed by atoms with Gasteiger partial charge < -0.3 is 23.3 Å². The molecule has 4 heterocycles. The molecule has 3 aromatic rings. The van der Waals surface area contributed by atoms with Crippen LogP contribution in [-0.4, -0.2) is 21.7 Å². The van der Waals surface area contributed by atoms with E-state index in [0.29, 0.717) is 17.3 Å². The molecule has 0 bridgehead atoms. The van der Waals surface area contributed by atoms with Gasteiger partial charge in [-0.1, -0.05) is 0 Å². The zero-order valence-electron chi connectivity index (χ0n) is 13.8. The molecule has 0 radical (unpaired) electrons. The summed E-state index contributed by atoms with van der Waals surface area (Å²) in [6, 6.07) is 8.98. The van der Waals surface area contributed by atoms with Gasteiger partial charge in [-0.15, -0.1) is 0 Å². The zero-order valence-corrected chi connectivity index (χ0v) is 13.8. The molecule has 7 nitrogen and oxygen atoms in total. The van der Waals surface area contributed by atoms with Crippen molar-refractivity contribution in [1.29, 1.82) is 0 Å². The van der Waals surface area contributed by atoms with Crippen molar-refractivity contribution in [3.05, 3.63) is 83.3 Å². The maximum absolute atomic E-state index is 12.9. The van der Waals surface area contributed by atoms with Gasteiger partial charge in [-0.25, -0.2) is 0 Å². The highest BCUT2D eigenvalue weighted by Crippen LogP contribution is 2.40. The number of furan rings is 3. The SMILES string of the molecule is Cc1ccc(C(=O)C2=C(O)C(=O)N(Cc3ccco3)C2c2ccco2)o1. The predicted molar refractivity (Wildman–Crippen MR) is 88.1 cm³/mol. The van der Waals surface area contributed by atoms with Crippen LogP contribution in [0, 0.1) is 6.92 Å². The van der Waals surface area contributed by atoms with Crippen LogP contribution >= 0.6 is 0 Å². The number of hydrogen-bond acceptors (Lipinski definition) is 6. The van der Waals surface area contributed by atoms with Crippen LogP contribution in [0.2, 0.25) is 0 Å². The van der Waals surface area contributed by atoms with Gasteiger partial charge in [0, 0.05) is 0 Å². The van der Waals surface area contributed by atoms with Crippen molar-refractivity contribution in [2.45, 2.75) is 19.5 Å². The van der Waals surface area contributed by atoms with Gasteiger partial charge in [-0.2, -0.15) is 0 Å². The van der Waals surface area contributed by atoms with Crippen LogP contribution < -0.4 is 0 Å². The number of carbonyl (C=O) groups is 2. The number of rotatable bonds is 5. The lowest BCUT2D eigenvalue weighted by Gasteiger charge is -2.23. The summed E-state index contributed by atoms with van der Waals surface area (Å²) in [4.78, 5) is 26.9. The van der Waals surface area contributed by atoms with Crippen LogP contribution in [0.15, 0.2) is 73.5 Å². The van der Waals surface area contributed by atoms with E-state index in [1.807, 2.05) is 0 Å². The number of hydrogen-bond donors (Lipinski definition) is 1. The first-order valence-corrected chi connectivity index (χ1v) is 7.97. The van der Waals surface area contributed by atoms with Crippen LogP contribution in [0.25, 0.3) is 0 Å². The van der Waals surface area contributed by atoms with Crippen molar-refractivity contribution in [3.8, 4) is 0 Å². The Labute approximate surface area is 148 Å². The minimum Gasteiger partial charge on any atom is -0.503 e. The van der Waals surface area contributed by atoms with Gasteiger partial charge in [-0.05, 0) is 43.3 Å². The van der Waals surface area contributed by atoms with E-state index in [0.717, 1.165) is 0 Å². The van der Waals surface area contributed by atoms with E-state index < -0.39 is 23.5 Å². The van der Waals surface area contributed by atoms with Crippen LogP contribution in [-0.2, 0) is 11.3 Å². The summed E-state index contributed by atoms with van der Waals surface area (Å²) in [5.74, 6) is -0.363. The van der Waals surface area contributed by atoms with Crippen molar-refractivity contribution < 1.29 is 27.9 Å². The molecule has 1 unspecified atom stereocenters. The Balaban J connectivity index is 1.77. The monoisotopic (exact) mass is 353 g/mol. The highest BCUT2D eigenvalue weighted by atomic mass is 16.4. The van der Waals surface area contributed by atoms with Crippen molar-refractivity contribution in [2.75, 3.05) is 0 Å². The van der Waals surface area contributed by atoms with Crippen molar-refractivity contribution in [2.24, 2.45) is 0 Å². The van der Waals surface area contributed by atoms with E-state index >= 15 is 0 Å². The largest absolute Gasteiger partial charge is 0.503 e. The van der Waals surface area contributed by atoms with E-state index in [1.165, 1.54) is 23.5 Å². The maximum atomic E-state index is 12.9. The second-order valence-corrected chi connectivity index (χ2v) is 5.93. The van der Waals surface area contributed by atoms with Crippen LogP contribution in [0.1, 0.15) is 33.9 Å². The lowest BCUT2D eigenvalue weighted by atomic mass is 9.99. The van der Waals surface area contributed by atoms with Gasteiger partial charge in [0.25, 0.3) is 5.91 Å². The van der Waals surface area contributed by atoms with Crippen LogP contribution in [0.4, 0.5) is 0 Å². The number of ketones is 1. The van der Waals surface area contributed by atoms with Gasteiger partial charge in [0.2, 0.25) is 5.78 Å². The Morgan fingerprint density at radius 3 is 2.54 bits per heavy atom. The standard InChI is InChI=1S/C19H15NO6/c1-11-6-7-14(26-11)17(21)15-16(13-5-3-9-25-13)20(19(23)18(15)22)10-12-4-2-8-24-12/h2-9,16,22H,10H2,1H3. The topological polar surface area (TPSA) is 97.0 Å². The Bertz CT molecular complexity index is 977. The van der Waals surface area contributed by atoms with Crippen molar-refractivity contribution in [3.63, 3.8) is 0 Å². The minimum absolute atomic E-state index is 0.0493. The second-order valence-electron chi connectivity index (χ2n) is 5.93. The average Bonchev–Trinajstić information content (AvgIpc) is 3.39. The van der Waals surface area contributed by atoms with Gasteiger partial charge in [0.05, 0.1) is 24.6 Å². The molecule has 0 spiro atoms. The summed E-state index contributed by atoms with van der Waals surface area (Å²) >= 11 is 0. The summed E-state index contributed by atoms with van der Waals surface area (Å²) in [7, 11) is 0. The lowest BCUT2D eigenvalue weighted by Crippen LogP contribution is -2.30. The van der Waals surface area contributed by atoms with Gasteiger partial charge in [-0.3, -0.25) is 9.59 Å². The molecule has 0 aliphatic carbocycles.